The predicted octanol–water partition coefficient (Wildman–Crippen LogP) is 2.03. The van der Waals surface area contributed by atoms with E-state index in [1.54, 1.807) is 30.0 Å². The molecule has 1 aromatic heterocycles. The fourth-order valence-electron chi connectivity index (χ4n) is 3.12. The van der Waals surface area contributed by atoms with Crippen LogP contribution in [0.15, 0.2) is 45.9 Å². The predicted molar refractivity (Wildman–Crippen MR) is 99.4 cm³/mol. The minimum atomic E-state index is -3.38. The second-order valence-corrected chi connectivity index (χ2v) is 8.78. The van der Waals surface area contributed by atoms with Crippen LogP contribution < -0.4 is 5.32 Å². The van der Waals surface area contributed by atoms with Crippen molar-refractivity contribution in [2.75, 3.05) is 19.3 Å². The average molecular weight is 390 g/mol. The third-order valence-electron chi connectivity index (χ3n) is 4.73. The summed E-state index contributed by atoms with van der Waals surface area (Å²) in [6.45, 7) is 2.81. The van der Waals surface area contributed by atoms with E-state index in [9.17, 15) is 18.0 Å². The maximum absolute atomic E-state index is 12.6. The van der Waals surface area contributed by atoms with Gasteiger partial charge in [0.05, 0.1) is 11.2 Å². The molecule has 144 valence electrons. The van der Waals surface area contributed by atoms with Gasteiger partial charge in [0.25, 0.3) is 11.8 Å². The molecule has 0 radical (unpaired) electrons. The van der Waals surface area contributed by atoms with Crippen molar-refractivity contribution in [1.29, 1.82) is 0 Å². The van der Waals surface area contributed by atoms with Crippen LogP contribution in [0.4, 0.5) is 0 Å². The highest BCUT2D eigenvalue weighted by atomic mass is 32.2. The highest BCUT2D eigenvalue weighted by molar-refractivity contribution is 7.90. The highest BCUT2D eigenvalue weighted by Gasteiger charge is 2.26. The van der Waals surface area contributed by atoms with E-state index in [1.807, 2.05) is 0 Å². The van der Waals surface area contributed by atoms with Gasteiger partial charge in [0.1, 0.15) is 0 Å². The number of sulfone groups is 1. The Balaban J connectivity index is 1.62. The maximum atomic E-state index is 12.6. The zero-order valence-corrected chi connectivity index (χ0v) is 16.1. The lowest BCUT2D eigenvalue weighted by atomic mass is 10.0. The number of carbonyl (C=O) groups excluding carboxylic acids is 2. The summed E-state index contributed by atoms with van der Waals surface area (Å²) in [4.78, 5) is 26.7. The van der Waals surface area contributed by atoms with Crippen molar-refractivity contribution in [3.05, 3.63) is 53.5 Å². The molecule has 1 aliphatic rings. The normalized spacial score (nSPS) is 15.6. The Morgan fingerprint density at radius 2 is 1.89 bits per heavy atom. The van der Waals surface area contributed by atoms with Gasteiger partial charge in [-0.25, -0.2) is 8.42 Å². The van der Waals surface area contributed by atoms with E-state index in [0.717, 1.165) is 6.26 Å². The van der Waals surface area contributed by atoms with Crippen molar-refractivity contribution in [1.82, 2.24) is 10.2 Å². The van der Waals surface area contributed by atoms with Crippen molar-refractivity contribution >= 4 is 21.7 Å². The van der Waals surface area contributed by atoms with E-state index in [2.05, 4.69) is 5.32 Å². The fraction of sp³-hybridized carbons (Fsp3) is 0.368. The highest BCUT2D eigenvalue weighted by Crippen LogP contribution is 2.18. The van der Waals surface area contributed by atoms with Crippen LogP contribution in [0, 0.1) is 6.92 Å². The second-order valence-electron chi connectivity index (χ2n) is 6.77. The Kier molecular flexibility index (Phi) is 5.36. The van der Waals surface area contributed by atoms with Crippen molar-refractivity contribution in [3.63, 3.8) is 0 Å². The van der Waals surface area contributed by atoms with E-state index in [1.165, 1.54) is 18.4 Å². The lowest BCUT2D eigenvalue weighted by Crippen LogP contribution is -2.46. The molecule has 27 heavy (non-hydrogen) atoms. The number of aryl methyl sites for hydroxylation is 1. The Labute approximate surface area is 158 Å². The fourth-order valence-corrected chi connectivity index (χ4v) is 3.77. The summed E-state index contributed by atoms with van der Waals surface area (Å²) in [5, 5.41) is 2.95. The van der Waals surface area contributed by atoms with Crippen LogP contribution in [-0.4, -0.2) is 50.5 Å². The number of hydrogen-bond acceptors (Lipinski definition) is 5. The maximum Gasteiger partial charge on any atom is 0.289 e. The number of nitrogens with zero attached hydrogens (tertiary/aromatic N) is 1. The van der Waals surface area contributed by atoms with E-state index in [4.69, 9.17) is 4.42 Å². The lowest BCUT2D eigenvalue weighted by Gasteiger charge is -2.32. The summed E-state index contributed by atoms with van der Waals surface area (Å²) in [5.74, 6) is -0.138. The number of benzene rings is 1. The summed E-state index contributed by atoms with van der Waals surface area (Å²) in [5.41, 5.74) is 1.07. The number of piperidine rings is 1. The molecular formula is C19H22N2O5S. The monoisotopic (exact) mass is 390 g/mol. The zero-order chi connectivity index (χ0) is 19.6. The minimum absolute atomic E-state index is 0.0700. The summed E-state index contributed by atoms with van der Waals surface area (Å²) in [6, 6.07) is 7.78. The molecule has 0 saturated carbocycles. The van der Waals surface area contributed by atoms with Crippen LogP contribution in [0.1, 0.15) is 39.3 Å². The number of likely N-dealkylation sites (tertiary alicyclic amines) is 1. The van der Waals surface area contributed by atoms with Gasteiger partial charge in [0, 0.05) is 31.0 Å². The van der Waals surface area contributed by atoms with Gasteiger partial charge in [-0.3, -0.25) is 9.59 Å². The molecule has 7 nitrogen and oxygen atoms in total. The average Bonchev–Trinajstić information content (AvgIpc) is 3.15. The van der Waals surface area contributed by atoms with Gasteiger partial charge in [-0.1, -0.05) is 6.07 Å². The topological polar surface area (TPSA) is 96.7 Å². The molecule has 8 heteroatoms. The molecule has 1 aliphatic heterocycles. The summed E-state index contributed by atoms with van der Waals surface area (Å²) in [7, 11) is -3.38. The molecule has 0 unspecified atom stereocenters. The quantitative estimate of drug-likeness (QED) is 0.862. The smallest absolute Gasteiger partial charge is 0.289 e. The third kappa shape index (κ3) is 4.39. The Morgan fingerprint density at radius 1 is 1.19 bits per heavy atom. The van der Waals surface area contributed by atoms with Crippen molar-refractivity contribution < 1.29 is 22.4 Å². The van der Waals surface area contributed by atoms with Gasteiger partial charge in [-0.15, -0.1) is 0 Å². The largest absolute Gasteiger partial charge is 0.459 e. The van der Waals surface area contributed by atoms with Crippen LogP contribution in [0.3, 0.4) is 0 Å². The van der Waals surface area contributed by atoms with Gasteiger partial charge < -0.3 is 14.6 Å². The second kappa shape index (κ2) is 7.56. The van der Waals surface area contributed by atoms with Gasteiger partial charge in [0.15, 0.2) is 15.6 Å². The molecule has 0 atom stereocenters. The van der Waals surface area contributed by atoms with Crippen LogP contribution in [0.25, 0.3) is 0 Å². The standard InChI is InChI=1S/C19H22N2O5S/c1-13-5-6-15(27(2,24)25)12-16(13)18(22)20-14-7-9-21(10-8-14)19(23)17-4-3-11-26-17/h3-6,11-12,14H,7-10H2,1-2H3,(H,20,22). The molecular weight excluding hydrogens is 368 g/mol. The molecule has 1 saturated heterocycles. The van der Waals surface area contributed by atoms with E-state index in [0.29, 0.717) is 42.8 Å². The molecule has 0 bridgehead atoms. The van der Waals surface area contributed by atoms with Gasteiger partial charge >= 0.3 is 0 Å². The van der Waals surface area contributed by atoms with Crippen molar-refractivity contribution in [3.8, 4) is 0 Å². The number of hydrogen-bond donors (Lipinski definition) is 1. The first-order valence-electron chi connectivity index (χ1n) is 8.70. The third-order valence-corrected chi connectivity index (χ3v) is 5.84. The summed E-state index contributed by atoms with van der Waals surface area (Å²) in [6.07, 6.45) is 3.84. The summed E-state index contributed by atoms with van der Waals surface area (Å²) < 4.78 is 28.6. The van der Waals surface area contributed by atoms with Gasteiger partial charge in [-0.05, 0) is 49.6 Å². The Bertz CT molecular complexity index is 942. The van der Waals surface area contributed by atoms with E-state index in [-0.39, 0.29) is 22.8 Å². The van der Waals surface area contributed by atoms with E-state index < -0.39 is 9.84 Å². The SMILES string of the molecule is Cc1ccc(S(C)(=O)=O)cc1C(=O)NC1CCN(C(=O)c2ccco2)CC1. The number of carbonyl (C=O) groups is 2. The van der Waals surface area contributed by atoms with Crippen LogP contribution in [0.5, 0.6) is 0 Å². The molecule has 2 heterocycles. The lowest BCUT2D eigenvalue weighted by molar-refractivity contribution is 0.0667. The first-order valence-corrected chi connectivity index (χ1v) is 10.6. The first kappa shape index (κ1) is 19.2. The van der Waals surface area contributed by atoms with Crippen LogP contribution in [-0.2, 0) is 9.84 Å². The molecule has 1 fully saturated rings. The van der Waals surface area contributed by atoms with Crippen molar-refractivity contribution in [2.24, 2.45) is 0 Å². The molecule has 1 N–H and O–H groups in total. The number of amides is 2. The molecule has 1 aromatic carbocycles. The van der Waals surface area contributed by atoms with Gasteiger partial charge in [-0.2, -0.15) is 0 Å². The number of rotatable bonds is 4. The van der Waals surface area contributed by atoms with Gasteiger partial charge in [0.2, 0.25) is 0 Å². The van der Waals surface area contributed by atoms with Crippen LogP contribution in [0.2, 0.25) is 0 Å². The molecule has 3 rings (SSSR count). The molecule has 0 spiro atoms. The number of furan rings is 1. The molecule has 2 aromatic rings. The van der Waals surface area contributed by atoms with E-state index >= 15 is 0 Å². The molecule has 2 amide bonds. The Morgan fingerprint density at radius 3 is 2.48 bits per heavy atom. The molecule has 0 aliphatic carbocycles. The zero-order valence-electron chi connectivity index (χ0n) is 15.3. The summed E-state index contributed by atoms with van der Waals surface area (Å²) >= 11 is 0. The first-order chi connectivity index (χ1) is 12.8. The van der Waals surface area contributed by atoms with Crippen LogP contribution >= 0.6 is 0 Å². The Hall–Kier alpha value is -2.61. The van der Waals surface area contributed by atoms with Crippen molar-refractivity contribution in [2.45, 2.75) is 30.7 Å². The minimum Gasteiger partial charge on any atom is -0.459 e. The number of nitrogens with one attached hydrogen (secondary N) is 1.